The van der Waals surface area contributed by atoms with Gasteiger partial charge in [-0.25, -0.2) is 0 Å². The maximum atomic E-state index is 9.54. The summed E-state index contributed by atoms with van der Waals surface area (Å²) in [6.45, 7) is 3.85. The van der Waals surface area contributed by atoms with Crippen molar-refractivity contribution >= 4 is 0 Å². The third-order valence-corrected chi connectivity index (χ3v) is 4.33. The van der Waals surface area contributed by atoms with E-state index in [0.29, 0.717) is 11.3 Å². The Morgan fingerprint density at radius 3 is 2.21 bits per heavy atom. The quantitative estimate of drug-likeness (QED) is 0.701. The molecular formula is C12H22O2. The van der Waals surface area contributed by atoms with E-state index in [0.717, 1.165) is 13.2 Å². The molecular weight excluding hydrogens is 176 g/mol. The highest BCUT2D eigenvalue weighted by Gasteiger charge is 2.37. The highest BCUT2D eigenvalue weighted by Crippen LogP contribution is 2.46. The number of aliphatic hydroxyl groups excluding tert-OH is 1. The van der Waals surface area contributed by atoms with E-state index in [2.05, 4.69) is 0 Å². The Labute approximate surface area is 86.6 Å². The Morgan fingerprint density at radius 2 is 1.71 bits per heavy atom. The van der Waals surface area contributed by atoms with E-state index < -0.39 is 0 Å². The zero-order valence-electron chi connectivity index (χ0n) is 9.17. The van der Waals surface area contributed by atoms with Crippen molar-refractivity contribution in [3.63, 3.8) is 0 Å². The first-order chi connectivity index (χ1) is 6.72. The Bertz CT molecular complexity index is 173. The van der Waals surface area contributed by atoms with Gasteiger partial charge in [0.25, 0.3) is 0 Å². The van der Waals surface area contributed by atoms with Gasteiger partial charge in [-0.15, -0.1) is 0 Å². The average molecular weight is 198 g/mol. The van der Waals surface area contributed by atoms with Crippen LogP contribution in [0.4, 0.5) is 0 Å². The van der Waals surface area contributed by atoms with E-state index in [-0.39, 0.29) is 6.10 Å². The summed E-state index contributed by atoms with van der Waals surface area (Å²) in [5.41, 5.74) is 0.587. The second-order valence-corrected chi connectivity index (χ2v) is 5.19. The molecule has 82 valence electrons. The normalized spacial score (nSPS) is 30.4. The maximum Gasteiger partial charge on any atom is 0.0540 e. The molecule has 0 aromatic rings. The summed E-state index contributed by atoms with van der Waals surface area (Å²) in [5.74, 6) is 0.559. The van der Waals surface area contributed by atoms with E-state index in [4.69, 9.17) is 4.74 Å². The van der Waals surface area contributed by atoms with Gasteiger partial charge in [-0.2, -0.15) is 0 Å². The molecule has 1 saturated carbocycles. The minimum absolute atomic E-state index is 0.104. The van der Waals surface area contributed by atoms with Crippen molar-refractivity contribution in [1.29, 1.82) is 0 Å². The lowest BCUT2D eigenvalue weighted by atomic mass is 9.65. The molecule has 1 aliphatic carbocycles. The van der Waals surface area contributed by atoms with E-state index in [1.54, 1.807) is 0 Å². The summed E-state index contributed by atoms with van der Waals surface area (Å²) in [5, 5.41) is 9.54. The lowest BCUT2D eigenvalue weighted by molar-refractivity contribution is -0.0259. The molecule has 14 heavy (non-hydrogen) atoms. The summed E-state index contributed by atoms with van der Waals surface area (Å²) in [4.78, 5) is 0. The monoisotopic (exact) mass is 198 g/mol. The van der Waals surface area contributed by atoms with Crippen molar-refractivity contribution in [2.24, 2.45) is 11.3 Å². The average Bonchev–Trinajstić information content (AvgIpc) is 2.19. The molecule has 1 N–H and O–H groups in total. The largest absolute Gasteiger partial charge is 0.393 e. The fourth-order valence-corrected chi connectivity index (χ4v) is 3.04. The Balaban J connectivity index is 1.87. The van der Waals surface area contributed by atoms with E-state index in [1.807, 2.05) is 6.92 Å². The van der Waals surface area contributed by atoms with E-state index >= 15 is 0 Å². The summed E-state index contributed by atoms with van der Waals surface area (Å²) in [7, 11) is 0. The van der Waals surface area contributed by atoms with Gasteiger partial charge >= 0.3 is 0 Å². The van der Waals surface area contributed by atoms with Gasteiger partial charge in [0.1, 0.15) is 0 Å². The molecule has 0 radical (unpaired) electrons. The van der Waals surface area contributed by atoms with Crippen LogP contribution in [0.5, 0.6) is 0 Å². The standard InChI is InChI=1S/C12H22O2/c1-10(13)11-2-4-12(5-3-11)6-8-14-9-7-12/h10-11,13H,2-9H2,1H3. The van der Waals surface area contributed by atoms with E-state index in [9.17, 15) is 5.11 Å². The number of hydrogen-bond acceptors (Lipinski definition) is 2. The molecule has 0 amide bonds. The minimum atomic E-state index is -0.104. The zero-order valence-corrected chi connectivity index (χ0v) is 9.17. The molecule has 2 heteroatoms. The van der Waals surface area contributed by atoms with Crippen LogP contribution in [0.3, 0.4) is 0 Å². The number of hydrogen-bond donors (Lipinski definition) is 1. The second kappa shape index (κ2) is 4.19. The summed E-state index contributed by atoms with van der Waals surface area (Å²) < 4.78 is 5.42. The van der Waals surface area contributed by atoms with Crippen molar-refractivity contribution in [1.82, 2.24) is 0 Å². The van der Waals surface area contributed by atoms with Gasteiger partial charge in [-0.05, 0) is 56.8 Å². The summed E-state index contributed by atoms with van der Waals surface area (Å²) >= 11 is 0. The molecule has 0 bridgehead atoms. The van der Waals surface area contributed by atoms with Crippen LogP contribution in [0.1, 0.15) is 45.4 Å². The topological polar surface area (TPSA) is 29.5 Å². The van der Waals surface area contributed by atoms with Gasteiger partial charge in [0.05, 0.1) is 6.10 Å². The molecule has 1 unspecified atom stereocenters. The van der Waals surface area contributed by atoms with Crippen LogP contribution in [0.25, 0.3) is 0 Å². The van der Waals surface area contributed by atoms with Crippen LogP contribution in [-0.4, -0.2) is 24.4 Å². The molecule has 1 heterocycles. The Morgan fingerprint density at radius 1 is 1.14 bits per heavy atom. The van der Waals surface area contributed by atoms with Gasteiger partial charge < -0.3 is 9.84 Å². The summed E-state index contributed by atoms with van der Waals surface area (Å²) in [6.07, 6.45) is 7.46. The van der Waals surface area contributed by atoms with Crippen LogP contribution in [0, 0.1) is 11.3 Å². The van der Waals surface area contributed by atoms with Crippen molar-refractivity contribution in [3.05, 3.63) is 0 Å². The molecule has 1 saturated heterocycles. The van der Waals surface area contributed by atoms with Gasteiger partial charge in [0.15, 0.2) is 0 Å². The molecule has 2 rings (SSSR count). The molecule has 1 aliphatic heterocycles. The van der Waals surface area contributed by atoms with Crippen LogP contribution < -0.4 is 0 Å². The Kier molecular flexibility index (Phi) is 3.13. The number of rotatable bonds is 1. The van der Waals surface area contributed by atoms with E-state index in [1.165, 1.54) is 38.5 Å². The van der Waals surface area contributed by atoms with Crippen molar-refractivity contribution in [2.45, 2.75) is 51.6 Å². The molecule has 2 nitrogen and oxygen atoms in total. The SMILES string of the molecule is CC(O)C1CCC2(CCOCC2)CC1. The van der Waals surface area contributed by atoms with Crippen LogP contribution >= 0.6 is 0 Å². The first-order valence-corrected chi connectivity index (χ1v) is 5.98. The molecule has 0 aromatic carbocycles. The molecule has 0 aromatic heterocycles. The van der Waals surface area contributed by atoms with Gasteiger partial charge in [0.2, 0.25) is 0 Å². The fraction of sp³-hybridized carbons (Fsp3) is 1.00. The zero-order chi connectivity index (χ0) is 10.0. The summed E-state index contributed by atoms with van der Waals surface area (Å²) in [6, 6.07) is 0. The van der Waals surface area contributed by atoms with Gasteiger partial charge in [-0.3, -0.25) is 0 Å². The van der Waals surface area contributed by atoms with Crippen molar-refractivity contribution in [2.75, 3.05) is 13.2 Å². The van der Waals surface area contributed by atoms with Gasteiger partial charge in [0, 0.05) is 13.2 Å². The molecule has 2 aliphatic rings. The third-order valence-electron chi connectivity index (χ3n) is 4.33. The molecule has 2 fully saturated rings. The van der Waals surface area contributed by atoms with Crippen molar-refractivity contribution in [3.8, 4) is 0 Å². The Hall–Kier alpha value is -0.0800. The first kappa shape index (κ1) is 10.4. The molecule has 1 spiro atoms. The smallest absolute Gasteiger partial charge is 0.0540 e. The van der Waals surface area contributed by atoms with Gasteiger partial charge in [-0.1, -0.05) is 0 Å². The number of aliphatic hydroxyl groups is 1. The van der Waals surface area contributed by atoms with Crippen LogP contribution in [0.15, 0.2) is 0 Å². The highest BCUT2D eigenvalue weighted by atomic mass is 16.5. The maximum absolute atomic E-state index is 9.54. The van der Waals surface area contributed by atoms with Crippen molar-refractivity contribution < 1.29 is 9.84 Å². The molecule has 1 atom stereocenters. The predicted molar refractivity (Wildman–Crippen MR) is 56.1 cm³/mol. The first-order valence-electron chi connectivity index (χ1n) is 5.98. The second-order valence-electron chi connectivity index (χ2n) is 5.19. The predicted octanol–water partition coefficient (Wildman–Crippen LogP) is 2.35. The lowest BCUT2D eigenvalue weighted by Crippen LogP contribution is -2.35. The fourth-order valence-electron chi connectivity index (χ4n) is 3.04. The van der Waals surface area contributed by atoms with Crippen LogP contribution in [-0.2, 0) is 4.74 Å². The minimum Gasteiger partial charge on any atom is -0.393 e. The van der Waals surface area contributed by atoms with Crippen LogP contribution in [0.2, 0.25) is 0 Å². The third kappa shape index (κ3) is 2.12. The number of ether oxygens (including phenoxy) is 1. The highest BCUT2D eigenvalue weighted by molar-refractivity contribution is 4.88. The lowest BCUT2D eigenvalue weighted by Gasteiger charge is -2.43.